The van der Waals surface area contributed by atoms with Crippen LogP contribution in [0.1, 0.15) is 64.8 Å². The van der Waals surface area contributed by atoms with Crippen LogP contribution in [0.4, 0.5) is 23.3 Å². The number of hydrogen-bond donors (Lipinski definition) is 2. The highest BCUT2D eigenvalue weighted by atomic mass is 16.3. The number of rotatable bonds is 7. The zero-order valence-electron chi connectivity index (χ0n) is 18.7. The molecule has 1 saturated carbocycles. The Balaban J connectivity index is 1.85. The first kappa shape index (κ1) is 21.4. The Kier molecular flexibility index (Phi) is 5.79. The molecule has 1 fully saturated rings. The van der Waals surface area contributed by atoms with Gasteiger partial charge in [-0.1, -0.05) is 12.8 Å². The number of aliphatic hydroxyl groups is 1. The summed E-state index contributed by atoms with van der Waals surface area (Å²) in [7, 11) is 0. The van der Waals surface area contributed by atoms with E-state index >= 15 is 0 Å². The van der Waals surface area contributed by atoms with Gasteiger partial charge in [0.1, 0.15) is 18.2 Å². The predicted octanol–water partition coefficient (Wildman–Crippen LogP) is 2.92. The van der Waals surface area contributed by atoms with Crippen molar-refractivity contribution in [2.24, 2.45) is 0 Å². The lowest BCUT2D eigenvalue weighted by molar-refractivity contribution is -0.122. The minimum atomic E-state index is -0.641. The number of anilines is 4. The standard InChI is InChI=1S/C22H31N7O2/c1-5-28(6-2)21-23-11-15(12-24-21)29-19-17(22(20(29)31)9-7-8-10-22)18(25-14(3)4)26-16(13-30)27-19/h11-12,14,30H,5-10,13H2,1-4H3,(H,25,26,27). The summed E-state index contributed by atoms with van der Waals surface area (Å²) in [6.07, 6.45) is 6.88. The average molecular weight is 426 g/mol. The van der Waals surface area contributed by atoms with Gasteiger partial charge < -0.3 is 15.3 Å². The SMILES string of the molecule is CCN(CC)c1ncc(N2C(=O)C3(CCCC3)c3c(NC(C)C)nc(CO)nc32)cn1. The molecule has 0 saturated heterocycles. The molecule has 2 aromatic rings. The fraction of sp³-hybridized carbons (Fsp3) is 0.591. The van der Waals surface area contributed by atoms with Crippen molar-refractivity contribution < 1.29 is 9.90 Å². The Bertz CT molecular complexity index is 951. The van der Waals surface area contributed by atoms with Gasteiger partial charge in [0.05, 0.1) is 29.1 Å². The van der Waals surface area contributed by atoms with Crippen molar-refractivity contribution in [2.75, 3.05) is 28.2 Å². The first-order valence-corrected chi connectivity index (χ1v) is 11.2. The van der Waals surface area contributed by atoms with E-state index in [2.05, 4.69) is 44.0 Å². The molecule has 0 atom stereocenters. The third kappa shape index (κ3) is 3.50. The van der Waals surface area contributed by atoms with E-state index in [9.17, 15) is 9.90 Å². The maximum Gasteiger partial charge on any atom is 0.243 e. The number of carbonyl (C=O) groups is 1. The normalized spacial score (nSPS) is 17.0. The molecule has 2 aromatic heterocycles. The van der Waals surface area contributed by atoms with Crippen molar-refractivity contribution in [1.82, 2.24) is 19.9 Å². The summed E-state index contributed by atoms with van der Waals surface area (Å²) in [5.74, 6) is 2.10. The molecule has 0 radical (unpaired) electrons. The topological polar surface area (TPSA) is 107 Å². The molecule has 2 N–H and O–H groups in total. The Morgan fingerprint density at radius 1 is 1.16 bits per heavy atom. The van der Waals surface area contributed by atoms with Crippen LogP contribution in [0.2, 0.25) is 0 Å². The molecule has 0 aromatic carbocycles. The van der Waals surface area contributed by atoms with Crippen molar-refractivity contribution in [2.45, 2.75) is 71.4 Å². The summed E-state index contributed by atoms with van der Waals surface area (Å²) in [4.78, 5) is 35.7. The van der Waals surface area contributed by atoms with Crippen LogP contribution in [0.15, 0.2) is 12.4 Å². The lowest BCUT2D eigenvalue weighted by atomic mass is 9.80. The lowest BCUT2D eigenvalue weighted by Crippen LogP contribution is -2.36. The molecule has 4 rings (SSSR count). The first-order chi connectivity index (χ1) is 14.9. The van der Waals surface area contributed by atoms with E-state index in [-0.39, 0.29) is 24.4 Å². The Hall–Kier alpha value is -2.81. The number of aromatic nitrogens is 4. The first-order valence-electron chi connectivity index (χ1n) is 11.2. The summed E-state index contributed by atoms with van der Waals surface area (Å²) in [6.45, 7) is 9.49. The number of aliphatic hydroxyl groups excluding tert-OH is 1. The highest BCUT2D eigenvalue weighted by molar-refractivity contribution is 6.13. The molecule has 1 amide bonds. The van der Waals surface area contributed by atoms with Crippen LogP contribution in [-0.2, 0) is 16.8 Å². The molecule has 1 aliphatic heterocycles. The smallest absolute Gasteiger partial charge is 0.243 e. The van der Waals surface area contributed by atoms with Crippen LogP contribution in [0.3, 0.4) is 0 Å². The molecular weight excluding hydrogens is 394 g/mol. The average Bonchev–Trinajstić information content (AvgIpc) is 3.34. The molecule has 1 spiro atoms. The van der Waals surface area contributed by atoms with E-state index in [1.165, 1.54) is 0 Å². The highest BCUT2D eigenvalue weighted by Crippen LogP contribution is 2.54. The second-order valence-corrected chi connectivity index (χ2v) is 8.49. The summed E-state index contributed by atoms with van der Waals surface area (Å²) >= 11 is 0. The van der Waals surface area contributed by atoms with Crippen molar-refractivity contribution in [3.8, 4) is 0 Å². The zero-order chi connectivity index (χ0) is 22.2. The zero-order valence-corrected chi connectivity index (χ0v) is 18.7. The maximum absolute atomic E-state index is 13.9. The number of carbonyl (C=O) groups excluding carboxylic acids is 1. The number of fused-ring (bicyclic) bond motifs is 2. The van der Waals surface area contributed by atoms with Crippen LogP contribution < -0.4 is 15.1 Å². The van der Waals surface area contributed by atoms with Gasteiger partial charge in [0.25, 0.3) is 0 Å². The largest absolute Gasteiger partial charge is 0.388 e. The molecule has 0 bridgehead atoms. The fourth-order valence-electron chi connectivity index (χ4n) is 4.74. The fourth-order valence-corrected chi connectivity index (χ4v) is 4.74. The molecule has 3 heterocycles. The Labute approximate surface area is 182 Å². The van der Waals surface area contributed by atoms with Crippen molar-refractivity contribution in [3.63, 3.8) is 0 Å². The third-order valence-corrected chi connectivity index (χ3v) is 6.19. The van der Waals surface area contributed by atoms with Crippen LogP contribution in [0.5, 0.6) is 0 Å². The second kappa shape index (κ2) is 8.37. The lowest BCUT2D eigenvalue weighted by Gasteiger charge is -2.24. The van der Waals surface area contributed by atoms with E-state index in [1.807, 2.05) is 13.8 Å². The van der Waals surface area contributed by atoms with Crippen LogP contribution >= 0.6 is 0 Å². The van der Waals surface area contributed by atoms with Crippen molar-refractivity contribution in [1.29, 1.82) is 0 Å². The van der Waals surface area contributed by atoms with Gasteiger partial charge >= 0.3 is 0 Å². The number of amides is 1. The Morgan fingerprint density at radius 2 is 1.81 bits per heavy atom. The van der Waals surface area contributed by atoms with Crippen molar-refractivity contribution >= 4 is 29.2 Å². The van der Waals surface area contributed by atoms with Gasteiger partial charge in [-0.25, -0.2) is 19.9 Å². The highest BCUT2D eigenvalue weighted by Gasteiger charge is 2.55. The number of nitrogens with one attached hydrogen (secondary N) is 1. The molecule has 31 heavy (non-hydrogen) atoms. The van der Waals surface area contributed by atoms with Gasteiger partial charge in [-0.2, -0.15) is 0 Å². The van der Waals surface area contributed by atoms with Gasteiger partial charge in [-0.05, 0) is 40.5 Å². The van der Waals surface area contributed by atoms with E-state index in [1.54, 1.807) is 17.3 Å². The molecule has 9 nitrogen and oxygen atoms in total. The Morgan fingerprint density at radius 3 is 2.35 bits per heavy atom. The van der Waals surface area contributed by atoms with E-state index < -0.39 is 5.41 Å². The predicted molar refractivity (Wildman–Crippen MR) is 120 cm³/mol. The third-order valence-electron chi connectivity index (χ3n) is 6.19. The van der Waals surface area contributed by atoms with Crippen LogP contribution in [0, 0.1) is 0 Å². The molecule has 0 unspecified atom stereocenters. The number of nitrogens with zero attached hydrogens (tertiary/aromatic N) is 6. The van der Waals surface area contributed by atoms with Gasteiger partial charge in [-0.3, -0.25) is 9.69 Å². The quantitative estimate of drug-likeness (QED) is 0.697. The molecule has 1 aliphatic carbocycles. The van der Waals surface area contributed by atoms with Gasteiger partial charge in [0.15, 0.2) is 5.82 Å². The monoisotopic (exact) mass is 425 g/mol. The summed E-state index contributed by atoms with van der Waals surface area (Å²) < 4.78 is 0. The minimum Gasteiger partial charge on any atom is -0.388 e. The minimum absolute atomic E-state index is 0.00427. The van der Waals surface area contributed by atoms with E-state index in [0.717, 1.165) is 44.3 Å². The molecule has 166 valence electrons. The summed E-state index contributed by atoms with van der Waals surface area (Å²) in [5.41, 5.74) is 0.788. The van der Waals surface area contributed by atoms with Crippen LogP contribution in [0.25, 0.3) is 0 Å². The maximum atomic E-state index is 13.9. The molecule has 2 aliphatic rings. The van der Waals surface area contributed by atoms with E-state index in [4.69, 9.17) is 0 Å². The summed E-state index contributed by atoms with van der Waals surface area (Å²) in [5, 5.41) is 13.2. The van der Waals surface area contributed by atoms with E-state index in [0.29, 0.717) is 23.3 Å². The van der Waals surface area contributed by atoms with Gasteiger partial charge in [0, 0.05) is 19.1 Å². The van der Waals surface area contributed by atoms with Crippen molar-refractivity contribution in [3.05, 3.63) is 23.8 Å². The second-order valence-electron chi connectivity index (χ2n) is 8.49. The molecular formula is C22H31N7O2. The van der Waals surface area contributed by atoms with Gasteiger partial charge in [0.2, 0.25) is 11.9 Å². The van der Waals surface area contributed by atoms with Crippen LogP contribution in [-0.4, -0.2) is 50.1 Å². The molecule has 9 heteroatoms. The number of hydrogen-bond acceptors (Lipinski definition) is 8. The summed E-state index contributed by atoms with van der Waals surface area (Å²) in [6, 6.07) is 0.129. The van der Waals surface area contributed by atoms with Gasteiger partial charge in [-0.15, -0.1) is 0 Å².